The van der Waals surface area contributed by atoms with Crippen LogP contribution in [0.1, 0.15) is 85.8 Å². The lowest BCUT2D eigenvalue weighted by atomic mass is 9.96. The van der Waals surface area contributed by atoms with Gasteiger partial charge in [-0.1, -0.05) is 54.4 Å². The largest absolute Gasteiger partial charge is 0.348 e. The maximum Gasteiger partial charge on any atom is 0.246 e. The summed E-state index contributed by atoms with van der Waals surface area (Å²) in [4.78, 5) is 105. The number of thioether (sulfide) groups is 1. The molecule has 7 N–H and O–H groups in total. The fourth-order valence-corrected chi connectivity index (χ4v) is 6.96. The lowest BCUT2D eigenvalue weighted by Crippen LogP contribution is -2.60. The molecule has 0 aromatic carbocycles. The zero-order valence-electron chi connectivity index (χ0n) is 32.1. The van der Waals surface area contributed by atoms with Gasteiger partial charge < -0.3 is 41.8 Å². The first-order chi connectivity index (χ1) is 25.2. The zero-order valence-corrected chi connectivity index (χ0v) is 32.9. The van der Waals surface area contributed by atoms with Gasteiger partial charge in [-0.15, -0.1) is 0 Å². The highest BCUT2D eigenvalue weighted by molar-refractivity contribution is 7.98. The molecule has 16 nitrogen and oxygen atoms in total. The number of nitrogens with one attached hydrogen (secondary N) is 7. The molecule has 53 heavy (non-hydrogen) atoms. The molecule has 2 fully saturated rings. The lowest BCUT2D eigenvalue weighted by Gasteiger charge is -2.31. The van der Waals surface area contributed by atoms with Gasteiger partial charge in [-0.05, 0) is 55.4 Å². The van der Waals surface area contributed by atoms with Crippen molar-refractivity contribution in [3.05, 3.63) is 18.2 Å². The molecular formula is C36H59N9O7S. The molecule has 0 bridgehead atoms. The second kappa shape index (κ2) is 20.9. The number of aromatic amines is 1. The fourth-order valence-electron chi connectivity index (χ4n) is 6.49. The van der Waals surface area contributed by atoms with E-state index < -0.39 is 84.1 Å². The minimum atomic E-state index is -1.12. The molecule has 1 aromatic heterocycles. The third-order valence-electron chi connectivity index (χ3n) is 10.0. The number of hydrogen-bond acceptors (Lipinski definition) is 9. The summed E-state index contributed by atoms with van der Waals surface area (Å²) in [6.07, 6.45) is 7.36. The Labute approximate surface area is 316 Å². The molecule has 2 saturated heterocycles. The van der Waals surface area contributed by atoms with Gasteiger partial charge in [-0.3, -0.25) is 33.6 Å². The molecule has 3 rings (SSSR count). The SMILES string of the molecule is CCC(C)C1NC(=O)CNC(=O)C(C(C)CC)NC(=O)C(CC(C)C)NC(=O)C2CCCN2C(=O)C(Cc2cnc[nH]2)NC(=O)C(CCSC)NC1=O. The van der Waals surface area contributed by atoms with Crippen LogP contribution in [-0.4, -0.2) is 118 Å². The van der Waals surface area contributed by atoms with E-state index >= 15 is 0 Å². The summed E-state index contributed by atoms with van der Waals surface area (Å²) in [6, 6.07) is -6.14. The molecule has 0 saturated carbocycles. The molecule has 2 aliphatic heterocycles. The van der Waals surface area contributed by atoms with Crippen LogP contribution in [0.3, 0.4) is 0 Å². The number of carbonyl (C=O) groups is 7. The molecular weight excluding hydrogens is 703 g/mol. The normalized spacial score (nSPS) is 27.0. The van der Waals surface area contributed by atoms with Gasteiger partial charge >= 0.3 is 0 Å². The van der Waals surface area contributed by atoms with Gasteiger partial charge in [0.25, 0.3) is 0 Å². The Kier molecular flexibility index (Phi) is 17.1. The second-order valence-corrected chi connectivity index (χ2v) is 15.6. The topological polar surface area (TPSA) is 224 Å². The number of hydrogen-bond donors (Lipinski definition) is 7. The first kappa shape index (κ1) is 43.3. The Morgan fingerprint density at radius 3 is 2.02 bits per heavy atom. The van der Waals surface area contributed by atoms with Gasteiger partial charge in [0.05, 0.1) is 12.9 Å². The van der Waals surface area contributed by atoms with Gasteiger partial charge in [0.2, 0.25) is 41.4 Å². The van der Waals surface area contributed by atoms with Crippen molar-refractivity contribution in [3.8, 4) is 0 Å². The average Bonchev–Trinajstić information content (AvgIpc) is 3.84. The van der Waals surface area contributed by atoms with Crippen LogP contribution in [-0.2, 0) is 40.0 Å². The van der Waals surface area contributed by atoms with Crippen molar-refractivity contribution in [3.63, 3.8) is 0 Å². The summed E-state index contributed by atoms with van der Waals surface area (Å²) in [5.74, 6) is -4.11. The summed E-state index contributed by atoms with van der Waals surface area (Å²) in [5, 5.41) is 16.6. The molecule has 8 unspecified atom stereocenters. The molecule has 3 heterocycles. The molecule has 296 valence electrons. The second-order valence-electron chi connectivity index (χ2n) is 14.6. The standard InChI is InChI=1S/C36H59N9O7S/c1-8-21(5)29-34(50)38-18-28(46)43-30(22(6)9-2)35(51)40-24(12-14-53-7)31(47)42-26(16-23-17-37-19-39-23)36(52)45-13-10-11-27(45)33(49)41-25(15-20(3)4)32(48)44-29/h17,19-22,24-27,29-30H,8-16,18H2,1-7H3,(H,37,39)(H,38,50)(H,40,51)(H,41,49)(H,42,47)(H,43,46)(H,44,48). The highest BCUT2D eigenvalue weighted by Gasteiger charge is 2.41. The van der Waals surface area contributed by atoms with E-state index in [9.17, 15) is 33.6 Å². The molecule has 1 aromatic rings. The van der Waals surface area contributed by atoms with Crippen LogP contribution in [0.25, 0.3) is 0 Å². The number of imidazole rings is 1. The maximum atomic E-state index is 14.3. The van der Waals surface area contributed by atoms with E-state index in [2.05, 4.69) is 41.9 Å². The van der Waals surface area contributed by atoms with Crippen molar-refractivity contribution in [1.82, 2.24) is 46.8 Å². The Hall–Kier alpha value is -4.15. The number of H-pyrrole nitrogens is 1. The molecule has 7 amide bonds. The minimum absolute atomic E-state index is 0.00996. The summed E-state index contributed by atoms with van der Waals surface area (Å²) >= 11 is 1.48. The van der Waals surface area contributed by atoms with Gasteiger partial charge in [0, 0.05) is 24.9 Å². The molecule has 0 aliphatic carbocycles. The monoisotopic (exact) mass is 761 g/mol. The van der Waals surface area contributed by atoms with Gasteiger partial charge in [-0.2, -0.15) is 11.8 Å². The Balaban J connectivity index is 2.07. The number of amides is 7. The van der Waals surface area contributed by atoms with Crippen molar-refractivity contribution in [2.24, 2.45) is 17.8 Å². The maximum absolute atomic E-state index is 14.3. The van der Waals surface area contributed by atoms with Crippen LogP contribution in [0.15, 0.2) is 12.5 Å². The summed E-state index contributed by atoms with van der Waals surface area (Å²) in [6.45, 7) is 10.9. The first-order valence-electron chi connectivity index (χ1n) is 18.8. The number of carbonyl (C=O) groups excluding carboxylic acids is 7. The van der Waals surface area contributed by atoms with Crippen LogP contribution >= 0.6 is 11.8 Å². The van der Waals surface area contributed by atoms with Crippen LogP contribution < -0.4 is 31.9 Å². The van der Waals surface area contributed by atoms with E-state index in [0.29, 0.717) is 37.1 Å². The summed E-state index contributed by atoms with van der Waals surface area (Å²) < 4.78 is 0. The molecule has 8 atom stereocenters. The van der Waals surface area contributed by atoms with Crippen molar-refractivity contribution in [2.45, 2.75) is 123 Å². The third kappa shape index (κ3) is 12.5. The molecule has 0 radical (unpaired) electrons. The van der Waals surface area contributed by atoms with Crippen molar-refractivity contribution >= 4 is 53.1 Å². The minimum Gasteiger partial charge on any atom is -0.348 e. The Bertz CT molecular complexity index is 1430. The Morgan fingerprint density at radius 1 is 0.792 bits per heavy atom. The van der Waals surface area contributed by atoms with E-state index in [0.717, 1.165) is 0 Å². The highest BCUT2D eigenvalue weighted by atomic mass is 32.2. The number of aromatic nitrogens is 2. The van der Waals surface area contributed by atoms with E-state index in [1.807, 2.05) is 34.0 Å². The summed E-state index contributed by atoms with van der Waals surface area (Å²) in [5.41, 5.74) is 0.575. The molecule has 0 spiro atoms. The van der Waals surface area contributed by atoms with Gasteiger partial charge in [-0.25, -0.2) is 4.98 Å². The molecule has 2 aliphatic rings. The number of fused-ring (bicyclic) bond motifs is 1. The Morgan fingerprint density at radius 2 is 1.42 bits per heavy atom. The first-order valence-corrected chi connectivity index (χ1v) is 20.1. The van der Waals surface area contributed by atoms with Crippen LogP contribution in [0, 0.1) is 17.8 Å². The molecule has 17 heteroatoms. The predicted molar refractivity (Wildman–Crippen MR) is 201 cm³/mol. The van der Waals surface area contributed by atoms with Gasteiger partial charge in [0.1, 0.15) is 36.3 Å². The van der Waals surface area contributed by atoms with E-state index in [4.69, 9.17) is 0 Å². The average molecular weight is 762 g/mol. The van der Waals surface area contributed by atoms with Crippen molar-refractivity contribution < 1.29 is 33.6 Å². The smallest absolute Gasteiger partial charge is 0.246 e. The number of nitrogens with zero attached hydrogens (tertiary/aromatic N) is 2. The lowest BCUT2D eigenvalue weighted by molar-refractivity contribution is -0.142. The van der Waals surface area contributed by atoms with Crippen molar-refractivity contribution in [2.75, 3.05) is 25.1 Å². The quantitative estimate of drug-likeness (QED) is 0.166. The van der Waals surface area contributed by atoms with Gasteiger partial charge in [0.15, 0.2) is 0 Å². The van der Waals surface area contributed by atoms with Crippen LogP contribution in [0.5, 0.6) is 0 Å². The van der Waals surface area contributed by atoms with E-state index in [1.165, 1.54) is 23.0 Å². The predicted octanol–water partition coefficient (Wildman–Crippen LogP) is 0.388. The fraction of sp³-hybridized carbons (Fsp3) is 0.722. The number of rotatable bonds is 11. The van der Waals surface area contributed by atoms with E-state index in [-0.39, 0.29) is 43.6 Å². The van der Waals surface area contributed by atoms with Crippen LogP contribution in [0.2, 0.25) is 0 Å². The summed E-state index contributed by atoms with van der Waals surface area (Å²) in [7, 11) is 0. The highest BCUT2D eigenvalue weighted by Crippen LogP contribution is 2.21. The van der Waals surface area contributed by atoms with Crippen molar-refractivity contribution in [1.29, 1.82) is 0 Å². The van der Waals surface area contributed by atoms with E-state index in [1.54, 1.807) is 20.0 Å². The van der Waals surface area contributed by atoms with Crippen LogP contribution in [0.4, 0.5) is 0 Å². The third-order valence-corrected chi connectivity index (χ3v) is 10.7. The zero-order chi connectivity index (χ0) is 39.2.